The summed E-state index contributed by atoms with van der Waals surface area (Å²) >= 11 is 0. The van der Waals surface area contributed by atoms with Crippen molar-refractivity contribution in [3.05, 3.63) is 51.7 Å². The van der Waals surface area contributed by atoms with Crippen molar-refractivity contribution < 1.29 is 17.9 Å². The molecule has 1 aromatic carbocycles. The first-order valence-electron chi connectivity index (χ1n) is 9.06. The topological polar surface area (TPSA) is 102 Å². The van der Waals surface area contributed by atoms with Gasteiger partial charge in [0.1, 0.15) is 5.82 Å². The summed E-state index contributed by atoms with van der Waals surface area (Å²) in [5.41, 5.74) is 1.26. The lowest BCUT2D eigenvalue weighted by molar-refractivity contribution is 0.354. The van der Waals surface area contributed by atoms with Gasteiger partial charge in [0.25, 0.3) is 5.56 Å². The summed E-state index contributed by atoms with van der Waals surface area (Å²) < 4.78 is 37.2. The number of aromatic amines is 1. The number of aryl methyl sites for hydroxylation is 1. The number of ether oxygens (including phenoxy) is 2. The van der Waals surface area contributed by atoms with Crippen LogP contribution in [-0.2, 0) is 10.0 Å². The molecule has 0 bridgehead atoms. The molecule has 0 amide bonds. The van der Waals surface area contributed by atoms with E-state index in [9.17, 15) is 13.2 Å². The molecule has 0 unspecified atom stereocenters. The fourth-order valence-electron chi connectivity index (χ4n) is 3.69. The van der Waals surface area contributed by atoms with Gasteiger partial charge in [-0.15, -0.1) is 0 Å². The smallest absolute Gasteiger partial charge is 0.251 e. The molecule has 2 atom stereocenters. The van der Waals surface area contributed by atoms with E-state index in [1.54, 1.807) is 34.1 Å². The number of sulfonamides is 1. The number of benzene rings is 1. The standard InChI is InChI=1S/C19H25N3O5S/c1-5-28(24,25)22-10-14(13-6-7-17(26-3)18(8-13)27-4)15(11-22)16-9-19(23)21-12(2)20-16/h6-9,14-15H,5,10-11H2,1-4H3,(H,20,21,23)/t14-,15+/m0/s1. The van der Waals surface area contributed by atoms with Gasteiger partial charge in [-0.2, -0.15) is 0 Å². The molecule has 9 heteroatoms. The van der Waals surface area contributed by atoms with Crippen molar-refractivity contribution in [1.82, 2.24) is 14.3 Å². The van der Waals surface area contributed by atoms with Gasteiger partial charge in [-0.05, 0) is 31.5 Å². The molecule has 1 fully saturated rings. The van der Waals surface area contributed by atoms with Crippen LogP contribution in [0.25, 0.3) is 0 Å². The van der Waals surface area contributed by atoms with Crippen LogP contribution in [0.4, 0.5) is 0 Å². The van der Waals surface area contributed by atoms with Crippen LogP contribution in [0.15, 0.2) is 29.1 Å². The second kappa shape index (κ2) is 7.92. The molecular weight excluding hydrogens is 382 g/mol. The molecular formula is C19H25N3O5S. The molecule has 1 aliphatic heterocycles. The zero-order chi connectivity index (χ0) is 20.5. The van der Waals surface area contributed by atoms with Crippen molar-refractivity contribution in [3.63, 3.8) is 0 Å². The van der Waals surface area contributed by atoms with Gasteiger partial charge in [0, 0.05) is 31.0 Å². The van der Waals surface area contributed by atoms with Gasteiger partial charge in [0.05, 0.1) is 25.7 Å². The molecule has 0 aliphatic carbocycles. The molecule has 1 saturated heterocycles. The number of methoxy groups -OCH3 is 2. The number of nitrogens with one attached hydrogen (secondary N) is 1. The highest BCUT2D eigenvalue weighted by Gasteiger charge is 2.40. The summed E-state index contributed by atoms with van der Waals surface area (Å²) in [6, 6.07) is 7.02. The maximum atomic E-state index is 12.5. The number of H-pyrrole nitrogens is 1. The van der Waals surface area contributed by atoms with Crippen LogP contribution in [0.1, 0.15) is 35.8 Å². The maximum absolute atomic E-state index is 12.5. The van der Waals surface area contributed by atoms with Crippen molar-refractivity contribution in [2.75, 3.05) is 33.1 Å². The lowest BCUT2D eigenvalue weighted by Crippen LogP contribution is -2.30. The van der Waals surface area contributed by atoms with Gasteiger partial charge in [-0.1, -0.05) is 6.07 Å². The van der Waals surface area contributed by atoms with Gasteiger partial charge in [-0.25, -0.2) is 17.7 Å². The number of hydrogen-bond donors (Lipinski definition) is 1. The number of nitrogens with zero attached hydrogens (tertiary/aromatic N) is 2. The third-order valence-electron chi connectivity index (χ3n) is 5.14. The highest BCUT2D eigenvalue weighted by atomic mass is 32.2. The first-order valence-corrected chi connectivity index (χ1v) is 10.7. The minimum absolute atomic E-state index is 0.0280. The van der Waals surface area contributed by atoms with Crippen molar-refractivity contribution in [2.45, 2.75) is 25.7 Å². The van der Waals surface area contributed by atoms with Gasteiger partial charge in [0.15, 0.2) is 11.5 Å². The monoisotopic (exact) mass is 407 g/mol. The van der Waals surface area contributed by atoms with Crippen molar-refractivity contribution in [2.24, 2.45) is 0 Å². The second-order valence-corrected chi connectivity index (χ2v) is 9.06. The molecule has 1 N–H and O–H groups in total. The molecule has 2 aromatic rings. The fraction of sp³-hybridized carbons (Fsp3) is 0.474. The Kier molecular flexibility index (Phi) is 5.76. The minimum atomic E-state index is -3.36. The van der Waals surface area contributed by atoms with Crippen LogP contribution < -0.4 is 15.0 Å². The van der Waals surface area contributed by atoms with E-state index in [4.69, 9.17) is 9.47 Å². The van der Waals surface area contributed by atoms with E-state index in [0.29, 0.717) is 29.6 Å². The summed E-state index contributed by atoms with van der Waals surface area (Å²) in [5.74, 6) is 1.32. The van der Waals surface area contributed by atoms with E-state index >= 15 is 0 Å². The fourth-order valence-corrected chi connectivity index (χ4v) is 4.83. The Balaban J connectivity index is 2.08. The maximum Gasteiger partial charge on any atom is 0.251 e. The van der Waals surface area contributed by atoms with Crippen molar-refractivity contribution in [1.29, 1.82) is 0 Å². The third-order valence-corrected chi connectivity index (χ3v) is 6.95. The van der Waals surface area contributed by atoms with Gasteiger partial charge in [0.2, 0.25) is 10.0 Å². The van der Waals surface area contributed by atoms with E-state index in [1.807, 2.05) is 12.1 Å². The molecule has 3 rings (SSSR count). The summed E-state index contributed by atoms with van der Waals surface area (Å²) in [5, 5.41) is 0. The van der Waals surface area contributed by atoms with E-state index in [2.05, 4.69) is 9.97 Å². The largest absolute Gasteiger partial charge is 0.493 e. The van der Waals surface area contributed by atoms with Crippen LogP contribution in [0, 0.1) is 6.92 Å². The number of aromatic nitrogens is 2. The molecule has 0 saturated carbocycles. The molecule has 152 valence electrons. The number of rotatable bonds is 6. The predicted octanol–water partition coefficient (Wildman–Crippen LogP) is 1.63. The van der Waals surface area contributed by atoms with Crippen molar-refractivity contribution >= 4 is 10.0 Å². The molecule has 0 radical (unpaired) electrons. The number of hydrogen-bond acceptors (Lipinski definition) is 6. The van der Waals surface area contributed by atoms with E-state index in [1.165, 1.54) is 10.4 Å². The first-order chi connectivity index (χ1) is 13.3. The zero-order valence-electron chi connectivity index (χ0n) is 16.4. The Morgan fingerprint density at radius 2 is 1.82 bits per heavy atom. The summed E-state index contributed by atoms with van der Waals surface area (Å²) in [4.78, 5) is 19.1. The average molecular weight is 407 g/mol. The molecule has 1 aliphatic rings. The Morgan fingerprint density at radius 3 is 2.43 bits per heavy atom. The summed E-state index contributed by atoms with van der Waals surface area (Å²) in [7, 11) is -0.242. The first kappa shape index (κ1) is 20.3. The Bertz CT molecular complexity index is 1020. The quantitative estimate of drug-likeness (QED) is 0.781. The van der Waals surface area contributed by atoms with Crippen LogP contribution in [0.5, 0.6) is 11.5 Å². The SMILES string of the molecule is CCS(=O)(=O)N1C[C@@H](c2ccc(OC)c(OC)c2)[C@H](c2cc(=O)[nH]c(C)n2)C1. The Labute approximate surface area is 164 Å². The predicted molar refractivity (Wildman–Crippen MR) is 106 cm³/mol. The lowest BCUT2D eigenvalue weighted by Gasteiger charge is -2.20. The van der Waals surface area contributed by atoms with Crippen LogP contribution in [0.2, 0.25) is 0 Å². The van der Waals surface area contributed by atoms with Crippen LogP contribution >= 0.6 is 0 Å². The van der Waals surface area contributed by atoms with Crippen LogP contribution in [-0.4, -0.2) is 55.8 Å². The van der Waals surface area contributed by atoms with Crippen LogP contribution in [0.3, 0.4) is 0 Å². The highest BCUT2D eigenvalue weighted by Crippen LogP contribution is 2.42. The highest BCUT2D eigenvalue weighted by molar-refractivity contribution is 7.89. The van der Waals surface area contributed by atoms with Gasteiger partial charge in [-0.3, -0.25) is 4.79 Å². The summed E-state index contributed by atoms with van der Waals surface area (Å²) in [6.45, 7) is 3.95. The molecule has 8 nitrogen and oxygen atoms in total. The lowest BCUT2D eigenvalue weighted by atomic mass is 9.86. The minimum Gasteiger partial charge on any atom is -0.493 e. The van der Waals surface area contributed by atoms with E-state index in [0.717, 1.165) is 5.56 Å². The molecule has 1 aromatic heterocycles. The normalized spacial score (nSPS) is 20.3. The Morgan fingerprint density at radius 1 is 1.14 bits per heavy atom. The third kappa shape index (κ3) is 3.90. The molecule has 28 heavy (non-hydrogen) atoms. The van der Waals surface area contributed by atoms with Crippen molar-refractivity contribution in [3.8, 4) is 11.5 Å². The van der Waals surface area contributed by atoms with Gasteiger partial charge >= 0.3 is 0 Å². The molecule has 0 spiro atoms. The van der Waals surface area contributed by atoms with Gasteiger partial charge < -0.3 is 14.5 Å². The zero-order valence-corrected chi connectivity index (χ0v) is 17.2. The van der Waals surface area contributed by atoms with E-state index < -0.39 is 10.0 Å². The Hall–Kier alpha value is -2.39. The molecule has 2 heterocycles. The van der Waals surface area contributed by atoms with E-state index in [-0.39, 0.29) is 29.7 Å². The average Bonchev–Trinajstić information content (AvgIpc) is 3.13. The summed E-state index contributed by atoms with van der Waals surface area (Å²) in [6.07, 6.45) is 0. The second-order valence-electron chi connectivity index (χ2n) is 6.80.